The third-order valence-electron chi connectivity index (χ3n) is 2.05. The zero-order chi connectivity index (χ0) is 11.3. The lowest BCUT2D eigenvalue weighted by atomic mass is 10.1. The molecule has 0 fully saturated rings. The van der Waals surface area contributed by atoms with Gasteiger partial charge in [0.1, 0.15) is 5.78 Å². The molecule has 1 aromatic rings. The highest BCUT2D eigenvalue weighted by atomic mass is 35.5. The van der Waals surface area contributed by atoms with Crippen molar-refractivity contribution in [2.75, 3.05) is 6.61 Å². The first-order valence-corrected chi connectivity index (χ1v) is 5.46. The third-order valence-corrected chi connectivity index (χ3v) is 2.76. The summed E-state index contributed by atoms with van der Waals surface area (Å²) in [6.45, 7) is 0.0298. The van der Waals surface area contributed by atoms with Crippen LogP contribution in [0, 0.1) is 0 Å². The first kappa shape index (κ1) is 12.5. The quantitative estimate of drug-likeness (QED) is 0.868. The fraction of sp³-hybridized carbons (Fsp3) is 0.364. The van der Waals surface area contributed by atoms with Gasteiger partial charge in [-0.1, -0.05) is 29.3 Å². The predicted molar refractivity (Wildman–Crippen MR) is 61.5 cm³/mol. The molecule has 0 atom stereocenters. The number of carbonyl (C=O) groups is 1. The lowest BCUT2D eigenvalue weighted by Gasteiger charge is -2.05. The Morgan fingerprint density at radius 1 is 1.27 bits per heavy atom. The van der Waals surface area contributed by atoms with E-state index in [0.29, 0.717) is 28.5 Å². The van der Waals surface area contributed by atoms with Gasteiger partial charge in [-0.2, -0.15) is 0 Å². The molecule has 82 valence electrons. The van der Waals surface area contributed by atoms with Crippen LogP contribution in [-0.4, -0.2) is 17.5 Å². The minimum Gasteiger partial charge on any atom is -0.396 e. The van der Waals surface area contributed by atoms with Crippen LogP contribution in [0.1, 0.15) is 18.4 Å². The Kier molecular flexibility index (Phi) is 5.09. The predicted octanol–water partition coefficient (Wildman–Crippen LogP) is 2.88. The first-order chi connectivity index (χ1) is 7.15. The van der Waals surface area contributed by atoms with E-state index in [2.05, 4.69) is 0 Å². The van der Waals surface area contributed by atoms with E-state index in [9.17, 15) is 4.79 Å². The SMILES string of the molecule is O=C(CCCO)Cc1c(Cl)cccc1Cl. The molecule has 2 nitrogen and oxygen atoms in total. The van der Waals surface area contributed by atoms with Crippen LogP contribution in [0.2, 0.25) is 10.0 Å². The highest BCUT2D eigenvalue weighted by Crippen LogP contribution is 2.25. The number of aliphatic hydroxyl groups is 1. The molecule has 15 heavy (non-hydrogen) atoms. The Balaban J connectivity index is 2.68. The number of ketones is 1. The van der Waals surface area contributed by atoms with E-state index in [1.807, 2.05) is 0 Å². The molecule has 0 saturated carbocycles. The van der Waals surface area contributed by atoms with Crippen molar-refractivity contribution in [3.8, 4) is 0 Å². The largest absolute Gasteiger partial charge is 0.396 e. The van der Waals surface area contributed by atoms with Gasteiger partial charge in [-0.15, -0.1) is 0 Å². The van der Waals surface area contributed by atoms with Crippen molar-refractivity contribution in [3.05, 3.63) is 33.8 Å². The van der Waals surface area contributed by atoms with Gasteiger partial charge in [-0.05, 0) is 24.1 Å². The summed E-state index contributed by atoms with van der Waals surface area (Å²) in [7, 11) is 0. The molecule has 0 heterocycles. The summed E-state index contributed by atoms with van der Waals surface area (Å²) in [4.78, 5) is 11.4. The highest BCUT2D eigenvalue weighted by molar-refractivity contribution is 6.36. The van der Waals surface area contributed by atoms with Gasteiger partial charge in [0.05, 0.1) is 0 Å². The molecule has 0 aliphatic heterocycles. The van der Waals surface area contributed by atoms with Crippen LogP contribution in [0.15, 0.2) is 18.2 Å². The summed E-state index contributed by atoms with van der Waals surface area (Å²) >= 11 is 11.8. The Bertz CT molecular complexity index is 330. The van der Waals surface area contributed by atoms with Crippen LogP contribution < -0.4 is 0 Å². The maximum atomic E-state index is 11.4. The molecule has 0 unspecified atom stereocenters. The lowest BCUT2D eigenvalue weighted by molar-refractivity contribution is -0.118. The van der Waals surface area contributed by atoms with E-state index < -0.39 is 0 Å². The molecule has 1 aromatic carbocycles. The molecule has 0 spiro atoms. The zero-order valence-electron chi connectivity index (χ0n) is 8.17. The minimum atomic E-state index is 0.0298. The molecule has 0 bridgehead atoms. The summed E-state index contributed by atoms with van der Waals surface area (Å²) in [6, 6.07) is 5.16. The molecule has 4 heteroatoms. The summed E-state index contributed by atoms with van der Waals surface area (Å²) in [5.74, 6) is 0.0408. The maximum Gasteiger partial charge on any atom is 0.137 e. The molecule has 0 amide bonds. The van der Waals surface area contributed by atoms with E-state index in [0.717, 1.165) is 0 Å². The highest BCUT2D eigenvalue weighted by Gasteiger charge is 2.10. The van der Waals surface area contributed by atoms with E-state index in [-0.39, 0.29) is 18.8 Å². The molecular weight excluding hydrogens is 235 g/mol. The van der Waals surface area contributed by atoms with Crippen LogP contribution in [0.5, 0.6) is 0 Å². The van der Waals surface area contributed by atoms with E-state index >= 15 is 0 Å². The lowest BCUT2D eigenvalue weighted by Crippen LogP contribution is -2.04. The number of hydrogen-bond acceptors (Lipinski definition) is 2. The second-order valence-electron chi connectivity index (χ2n) is 3.24. The van der Waals surface area contributed by atoms with Crippen LogP contribution in [0.3, 0.4) is 0 Å². The summed E-state index contributed by atoms with van der Waals surface area (Å²) in [6.07, 6.45) is 1.08. The first-order valence-electron chi connectivity index (χ1n) is 4.70. The van der Waals surface area contributed by atoms with Crippen molar-refractivity contribution in [1.82, 2.24) is 0 Å². The van der Waals surface area contributed by atoms with Crippen LogP contribution >= 0.6 is 23.2 Å². The molecule has 0 aromatic heterocycles. The van der Waals surface area contributed by atoms with Gasteiger partial charge < -0.3 is 5.11 Å². The fourth-order valence-corrected chi connectivity index (χ4v) is 1.79. The van der Waals surface area contributed by atoms with Gasteiger partial charge in [0.15, 0.2) is 0 Å². The molecule has 0 saturated heterocycles. The van der Waals surface area contributed by atoms with Crippen molar-refractivity contribution in [2.24, 2.45) is 0 Å². The molecule has 1 rings (SSSR count). The monoisotopic (exact) mass is 246 g/mol. The van der Waals surface area contributed by atoms with Crippen LogP contribution in [0.4, 0.5) is 0 Å². The molecule has 0 aliphatic carbocycles. The topological polar surface area (TPSA) is 37.3 Å². The summed E-state index contributed by atoms with van der Waals surface area (Å²) in [5, 5.41) is 9.61. The van der Waals surface area contributed by atoms with E-state index in [1.165, 1.54) is 0 Å². The number of Topliss-reactive ketones (excluding diaryl/α,β-unsaturated/α-hetero) is 1. The van der Waals surface area contributed by atoms with Gasteiger partial charge in [-0.25, -0.2) is 0 Å². The maximum absolute atomic E-state index is 11.4. The van der Waals surface area contributed by atoms with Gasteiger partial charge in [-0.3, -0.25) is 4.79 Å². The summed E-state index contributed by atoms with van der Waals surface area (Å²) < 4.78 is 0. The Labute approximate surface area is 98.8 Å². The average molecular weight is 247 g/mol. The van der Waals surface area contributed by atoms with Crippen molar-refractivity contribution in [2.45, 2.75) is 19.3 Å². The van der Waals surface area contributed by atoms with Crippen molar-refractivity contribution >= 4 is 29.0 Å². The van der Waals surface area contributed by atoms with Crippen molar-refractivity contribution < 1.29 is 9.90 Å². The third kappa shape index (κ3) is 3.82. The normalized spacial score (nSPS) is 10.3. The zero-order valence-corrected chi connectivity index (χ0v) is 9.68. The number of hydrogen-bond donors (Lipinski definition) is 1. The number of benzene rings is 1. The summed E-state index contributed by atoms with van der Waals surface area (Å²) in [5.41, 5.74) is 0.670. The van der Waals surface area contributed by atoms with Crippen LogP contribution in [-0.2, 0) is 11.2 Å². The molecule has 1 N–H and O–H groups in total. The Hall–Kier alpha value is -0.570. The van der Waals surface area contributed by atoms with Crippen LogP contribution in [0.25, 0.3) is 0 Å². The smallest absolute Gasteiger partial charge is 0.137 e. The van der Waals surface area contributed by atoms with E-state index in [4.69, 9.17) is 28.3 Å². The number of carbonyl (C=O) groups excluding carboxylic acids is 1. The Morgan fingerprint density at radius 2 is 1.87 bits per heavy atom. The average Bonchev–Trinajstić information content (AvgIpc) is 2.21. The second kappa shape index (κ2) is 6.11. The van der Waals surface area contributed by atoms with Crippen molar-refractivity contribution in [1.29, 1.82) is 0 Å². The number of rotatable bonds is 5. The van der Waals surface area contributed by atoms with Gasteiger partial charge >= 0.3 is 0 Å². The number of aliphatic hydroxyl groups excluding tert-OH is 1. The standard InChI is InChI=1S/C11H12Cl2O2/c12-10-4-1-5-11(13)9(10)7-8(15)3-2-6-14/h1,4-5,14H,2-3,6-7H2. The van der Waals surface area contributed by atoms with Crippen molar-refractivity contribution in [3.63, 3.8) is 0 Å². The van der Waals surface area contributed by atoms with Gasteiger partial charge in [0.2, 0.25) is 0 Å². The Morgan fingerprint density at radius 3 is 2.40 bits per heavy atom. The molecule has 0 radical (unpaired) electrons. The minimum absolute atomic E-state index is 0.0298. The van der Waals surface area contributed by atoms with Gasteiger partial charge in [0.25, 0.3) is 0 Å². The fourth-order valence-electron chi connectivity index (χ4n) is 1.26. The second-order valence-corrected chi connectivity index (χ2v) is 4.06. The molecule has 0 aliphatic rings. The van der Waals surface area contributed by atoms with Gasteiger partial charge in [0, 0.05) is 29.5 Å². The number of halogens is 2. The van der Waals surface area contributed by atoms with E-state index in [1.54, 1.807) is 18.2 Å². The molecular formula is C11H12Cl2O2.